The number of aliphatic imine (C=N–C) groups is 1. The van der Waals surface area contributed by atoms with Crippen molar-refractivity contribution in [2.75, 3.05) is 39.3 Å². The molecule has 4 atom stereocenters. The molecule has 9 nitrogen and oxygen atoms in total. The van der Waals surface area contributed by atoms with E-state index in [1.165, 1.54) is 0 Å². The Hall–Kier alpha value is -3.14. The van der Waals surface area contributed by atoms with Crippen LogP contribution < -0.4 is 10.5 Å². The molecule has 0 bridgehead atoms. The van der Waals surface area contributed by atoms with Gasteiger partial charge in [0.1, 0.15) is 11.6 Å². The number of carbonyl (C=O) groups is 2. The highest BCUT2D eigenvalue weighted by molar-refractivity contribution is 6.31. The van der Waals surface area contributed by atoms with Gasteiger partial charge >= 0.3 is 6.03 Å². The highest BCUT2D eigenvalue weighted by atomic mass is 35.5. The summed E-state index contributed by atoms with van der Waals surface area (Å²) in [4.78, 5) is 43.1. The van der Waals surface area contributed by atoms with Gasteiger partial charge in [-0.05, 0) is 51.7 Å². The Balaban J connectivity index is 1.70. The lowest BCUT2D eigenvalue weighted by Gasteiger charge is -2.50. The van der Waals surface area contributed by atoms with Crippen molar-refractivity contribution >= 4 is 41.0 Å². The number of pyridine rings is 1. The molecule has 1 saturated heterocycles. The average Bonchev–Trinajstić information content (AvgIpc) is 3.12. The van der Waals surface area contributed by atoms with Crippen LogP contribution in [0.25, 0.3) is 0 Å². The Morgan fingerprint density at radius 1 is 1.09 bits per heavy atom. The van der Waals surface area contributed by atoms with Crippen LogP contribution in [-0.2, 0) is 10.2 Å². The summed E-state index contributed by atoms with van der Waals surface area (Å²) in [5.41, 5.74) is 6.09. The van der Waals surface area contributed by atoms with Crippen molar-refractivity contribution in [3.8, 4) is 5.75 Å². The smallest absolute Gasteiger partial charge is 0.326 e. The number of hydrogen-bond acceptors (Lipinski definition) is 6. The molecule has 47 heavy (non-hydrogen) atoms. The first-order valence-electron chi connectivity index (χ1n) is 16.6. The predicted octanol–water partition coefficient (Wildman–Crippen LogP) is 6.16. The topological polar surface area (TPSA) is 104 Å². The molecule has 2 N–H and O–H groups in total. The number of primary amides is 1. The van der Waals surface area contributed by atoms with Crippen molar-refractivity contribution in [1.82, 2.24) is 19.7 Å². The minimum Gasteiger partial charge on any atom is -0.493 e. The SMILES string of the molecule is CCOc1cc(C(C)(C)C)ncc1C1=N[C@@](C)(C2C=CC(Cl)=CC2)[C@@](C)(C2=CCC(Cl)C=C2)N1C(=O)N1CCCN(CC(N)=O)CC1. The Bertz CT molecular complexity index is 1550. The number of hydrogen-bond donors (Lipinski definition) is 1. The molecule has 5 rings (SSSR count). The Labute approximate surface area is 289 Å². The van der Waals surface area contributed by atoms with E-state index in [9.17, 15) is 4.79 Å². The standard InChI is InChI=1S/C36H48Cl2N6O3/c1-7-47-29-21-30(34(2,3)4)40-22-28(29)32-41-35(5,24-9-13-26(37)14-10-24)36(6,25-11-15-27(38)16-12-25)44(32)33(46)43-18-8-17-42(19-20-43)23-31(39)45/h9,11-15,21-22,24,27H,7-8,10,16-20,23H2,1-6H3,(H2,39,45)/t24?,27?,35-,36+/m0/s1. The molecule has 2 unspecified atom stereocenters. The van der Waals surface area contributed by atoms with Gasteiger partial charge in [0, 0.05) is 60.5 Å². The third-order valence-electron chi connectivity index (χ3n) is 9.97. The van der Waals surface area contributed by atoms with Crippen LogP contribution in [0.5, 0.6) is 5.75 Å². The first-order valence-corrected chi connectivity index (χ1v) is 17.4. The number of ether oxygens (including phenoxy) is 1. The maximum Gasteiger partial charge on any atom is 0.326 e. The van der Waals surface area contributed by atoms with E-state index in [4.69, 9.17) is 43.6 Å². The van der Waals surface area contributed by atoms with Crippen molar-refractivity contribution in [3.05, 3.63) is 70.6 Å². The lowest BCUT2D eigenvalue weighted by molar-refractivity contribution is -0.119. The van der Waals surface area contributed by atoms with Gasteiger partial charge in [-0.1, -0.05) is 62.8 Å². The van der Waals surface area contributed by atoms with Gasteiger partial charge < -0.3 is 15.4 Å². The van der Waals surface area contributed by atoms with Gasteiger partial charge in [0.15, 0.2) is 0 Å². The number of nitrogens with zero attached hydrogens (tertiary/aromatic N) is 5. The number of alkyl halides is 1. The van der Waals surface area contributed by atoms with Gasteiger partial charge in [-0.3, -0.25) is 24.6 Å². The third kappa shape index (κ3) is 6.90. The molecule has 4 aliphatic rings. The van der Waals surface area contributed by atoms with Gasteiger partial charge in [0.05, 0.1) is 35.2 Å². The number of rotatable bonds is 7. The van der Waals surface area contributed by atoms with Crippen molar-refractivity contribution in [2.24, 2.45) is 16.6 Å². The molecule has 254 valence electrons. The summed E-state index contributed by atoms with van der Waals surface area (Å²) in [6.07, 6.45) is 16.1. The van der Waals surface area contributed by atoms with Crippen LogP contribution in [0.4, 0.5) is 4.79 Å². The monoisotopic (exact) mass is 682 g/mol. The Kier molecular flexibility index (Phi) is 10.3. The molecule has 1 aromatic heterocycles. The normalized spacial score (nSPS) is 28.5. The van der Waals surface area contributed by atoms with Gasteiger partial charge in [0.25, 0.3) is 0 Å². The first-order chi connectivity index (χ1) is 22.2. The average molecular weight is 684 g/mol. The number of allylic oxidation sites excluding steroid dienone is 5. The summed E-state index contributed by atoms with van der Waals surface area (Å²) >= 11 is 13.0. The lowest BCUT2D eigenvalue weighted by Crippen LogP contribution is -2.64. The van der Waals surface area contributed by atoms with Crippen LogP contribution in [0, 0.1) is 5.92 Å². The summed E-state index contributed by atoms with van der Waals surface area (Å²) in [5.74, 6) is 0.708. The van der Waals surface area contributed by atoms with Gasteiger partial charge in [-0.2, -0.15) is 0 Å². The fourth-order valence-electron chi connectivity index (χ4n) is 7.08. The summed E-state index contributed by atoms with van der Waals surface area (Å²) in [6.45, 7) is 15.4. The summed E-state index contributed by atoms with van der Waals surface area (Å²) in [5, 5.41) is 0.561. The Morgan fingerprint density at radius 3 is 2.47 bits per heavy atom. The van der Waals surface area contributed by atoms with Crippen LogP contribution >= 0.6 is 23.2 Å². The van der Waals surface area contributed by atoms with E-state index in [0.717, 1.165) is 11.3 Å². The van der Waals surface area contributed by atoms with Gasteiger partial charge in [0.2, 0.25) is 5.91 Å². The summed E-state index contributed by atoms with van der Waals surface area (Å²) in [6, 6.07) is 1.82. The van der Waals surface area contributed by atoms with Crippen molar-refractivity contribution < 1.29 is 14.3 Å². The number of urea groups is 1. The van der Waals surface area contributed by atoms with E-state index in [2.05, 4.69) is 52.8 Å². The molecule has 3 heterocycles. The number of amides is 3. The van der Waals surface area contributed by atoms with Crippen LogP contribution in [0.15, 0.2) is 64.3 Å². The van der Waals surface area contributed by atoms with E-state index < -0.39 is 11.1 Å². The lowest BCUT2D eigenvalue weighted by atomic mass is 9.65. The molecule has 0 spiro atoms. The molecule has 0 saturated carbocycles. The molecule has 1 fully saturated rings. The first kappa shape index (κ1) is 35.2. The molecular weight excluding hydrogens is 635 g/mol. The zero-order chi connectivity index (χ0) is 34.1. The molecule has 0 aromatic carbocycles. The summed E-state index contributed by atoms with van der Waals surface area (Å²) < 4.78 is 6.28. The van der Waals surface area contributed by atoms with E-state index in [1.807, 2.05) is 45.9 Å². The zero-order valence-electron chi connectivity index (χ0n) is 28.4. The molecular formula is C36H48Cl2N6O3. The quantitative estimate of drug-likeness (QED) is 0.347. The van der Waals surface area contributed by atoms with E-state index in [0.29, 0.717) is 74.2 Å². The highest BCUT2D eigenvalue weighted by Crippen LogP contribution is 2.52. The number of carbonyl (C=O) groups excluding carboxylic acids is 2. The largest absolute Gasteiger partial charge is 0.493 e. The number of aromatic nitrogens is 1. The maximum atomic E-state index is 15.2. The predicted molar refractivity (Wildman–Crippen MR) is 189 cm³/mol. The molecule has 2 aliphatic carbocycles. The second kappa shape index (κ2) is 13.8. The van der Waals surface area contributed by atoms with Crippen LogP contribution in [-0.4, -0.2) is 93.2 Å². The van der Waals surface area contributed by atoms with Crippen molar-refractivity contribution in [3.63, 3.8) is 0 Å². The summed E-state index contributed by atoms with van der Waals surface area (Å²) in [7, 11) is 0. The molecule has 1 aromatic rings. The fourth-order valence-corrected chi connectivity index (χ4v) is 7.41. The van der Waals surface area contributed by atoms with Gasteiger partial charge in [-0.25, -0.2) is 4.79 Å². The number of nitrogens with two attached hydrogens (primary N) is 1. The van der Waals surface area contributed by atoms with Crippen molar-refractivity contribution in [1.29, 1.82) is 0 Å². The van der Waals surface area contributed by atoms with E-state index >= 15 is 4.79 Å². The third-order valence-corrected chi connectivity index (χ3v) is 10.6. The number of amidine groups is 1. The van der Waals surface area contributed by atoms with Crippen LogP contribution in [0.3, 0.4) is 0 Å². The highest BCUT2D eigenvalue weighted by Gasteiger charge is 2.62. The molecule has 2 aliphatic heterocycles. The fraction of sp³-hybridized carbons (Fsp3) is 0.556. The minimum absolute atomic E-state index is 0.0710. The molecule has 11 heteroatoms. The maximum absolute atomic E-state index is 15.2. The van der Waals surface area contributed by atoms with E-state index in [-0.39, 0.29) is 35.2 Å². The second-order valence-electron chi connectivity index (χ2n) is 14.2. The van der Waals surface area contributed by atoms with Gasteiger partial charge in [-0.15, -0.1) is 11.6 Å². The van der Waals surface area contributed by atoms with E-state index in [1.54, 1.807) is 6.20 Å². The Morgan fingerprint density at radius 2 is 1.85 bits per heavy atom. The molecule has 3 amide bonds. The van der Waals surface area contributed by atoms with Crippen molar-refractivity contribution in [2.45, 2.75) is 82.7 Å². The second-order valence-corrected chi connectivity index (χ2v) is 15.2. The number of halogens is 2. The van der Waals surface area contributed by atoms with Crippen LogP contribution in [0.1, 0.15) is 72.1 Å². The minimum atomic E-state index is -0.926. The zero-order valence-corrected chi connectivity index (χ0v) is 29.9. The van der Waals surface area contributed by atoms with Crippen LogP contribution in [0.2, 0.25) is 0 Å². The molecule has 0 radical (unpaired) electrons.